The summed E-state index contributed by atoms with van der Waals surface area (Å²) >= 11 is 0. The molecule has 0 unspecified atom stereocenters. The number of carbonyl (C=O) groups excluding carboxylic acids is 2. The van der Waals surface area contributed by atoms with Crippen molar-refractivity contribution in [3.05, 3.63) is 59.2 Å². The summed E-state index contributed by atoms with van der Waals surface area (Å²) in [5.41, 5.74) is 4.34. The quantitative estimate of drug-likeness (QED) is 0.941. The molecule has 3 rings (SSSR count). The third kappa shape index (κ3) is 3.31. The number of fused-ring (bicyclic) bond motifs is 1. The largest absolute Gasteiger partial charge is 0.375 e. The summed E-state index contributed by atoms with van der Waals surface area (Å²) in [6, 6.07) is 13.1. The molecule has 1 aliphatic heterocycles. The van der Waals surface area contributed by atoms with Crippen molar-refractivity contribution >= 4 is 23.2 Å². The van der Waals surface area contributed by atoms with Crippen molar-refractivity contribution in [2.75, 3.05) is 30.5 Å². The lowest BCUT2D eigenvalue weighted by atomic mass is 10.1. The van der Waals surface area contributed by atoms with Crippen LogP contribution in [0.2, 0.25) is 0 Å². The van der Waals surface area contributed by atoms with Crippen molar-refractivity contribution in [2.45, 2.75) is 13.3 Å². The zero-order valence-electron chi connectivity index (χ0n) is 13.8. The zero-order valence-corrected chi connectivity index (χ0v) is 13.8. The number of anilines is 2. The molecule has 0 aromatic heterocycles. The highest BCUT2D eigenvalue weighted by Gasteiger charge is 2.24. The normalized spacial score (nSPS) is 12.8. The topological polar surface area (TPSA) is 58.6 Å². The van der Waals surface area contributed by atoms with Crippen LogP contribution in [-0.2, 0) is 16.0 Å². The molecule has 5 heteroatoms. The van der Waals surface area contributed by atoms with E-state index in [0.717, 1.165) is 23.2 Å². The van der Waals surface area contributed by atoms with Gasteiger partial charge in [-0.3, -0.25) is 9.59 Å². The number of hydrogen-bond donors (Lipinski definition) is 1. The number of methoxy groups -OCH3 is 1. The van der Waals surface area contributed by atoms with E-state index in [4.69, 9.17) is 4.74 Å². The Kier molecular flexibility index (Phi) is 4.62. The van der Waals surface area contributed by atoms with Gasteiger partial charge in [0.15, 0.2) is 0 Å². The molecular weight excluding hydrogens is 304 g/mol. The van der Waals surface area contributed by atoms with E-state index < -0.39 is 0 Å². The van der Waals surface area contributed by atoms with Gasteiger partial charge in [0.2, 0.25) is 0 Å². The Hall–Kier alpha value is -2.66. The Morgan fingerprint density at radius 1 is 1.17 bits per heavy atom. The number of hydrogen-bond acceptors (Lipinski definition) is 3. The summed E-state index contributed by atoms with van der Waals surface area (Å²) in [4.78, 5) is 26.1. The van der Waals surface area contributed by atoms with Crippen LogP contribution in [0.4, 0.5) is 11.4 Å². The summed E-state index contributed by atoms with van der Waals surface area (Å²) in [6.45, 7) is 2.68. The number of aryl methyl sites for hydroxylation is 1. The monoisotopic (exact) mass is 324 g/mol. The van der Waals surface area contributed by atoms with Gasteiger partial charge in [0.1, 0.15) is 6.61 Å². The van der Waals surface area contributed by atoms with Crippen LogP contribution >= 0.6 is 0 Å². The van der Waals surface area contributed by atoms with Crippen LogP contribution in [0, 0.1) is 6.92 Å². The van der Waals surface area contributed by atoms with E-state index in [-0.39, 0.29) is 18.4 Å². The van der Waals surface area contributed by atoms with Crippen molar-refractivity contribution in [3.8, 4) is 0 Å². The number of rotatable bonds is 4. The summed E-state index contributed by atoms with van der Waals surface area (Å²) in [7, 11) is 1.51. The average molecular weight is 324 g/mol. The predicted octanol–water partition coefficient (Wildman–Crippen LogP) is 2.78. The third-order valence-corrected chi connectivity index (χ3v) is 4.12. The first-order valence-electron chi connectivity index (χ1n) is 7.89. The minimum absolute atomic E-state index is 0.0550. The fraction of sp³-hybridized carbons (Fsp3) is 0.263. The van der Waals surface area contributed by atoms with Crippen LogP contribution in [-0.4, -0.2) is 32.1 Å². The molecule has 0 saturated heterocycles. The summed E-state index contributed by atoms with van der Waals surface area (Å²) < 4.78 is 4.93. The van der Waals surface area contributed by atoms with E-state index in [2.05, 4.69) is 5.32 Å². The number of amides is 2. The lowest BCUT2D eigenvalue weighted by Crippen LogP contribution is -2.32. The molecule has 1 aliphatic rings. The van der Waals surface area contributed by atoms with Gasteiger partial charge in [0.25, 0.3) is 11.8 Å². The van der Waals surface area contributed by atoms with E-state index in [0.29, 0.717) is 17.8 Å². The summed E-state index contributed by atoms with van der Waals surface area (Å²) in [5, 5.41) is 2.89. The number of carbonyl (C=O) groups is 2. The Bertz CT molecular complexity index is 769. The highest BCUT2D eigenvalue weighted by atomic mass is 16.5. The van der Waals surface area contributed by atoms with Crippen molar-refractivity contribution in [1.29, 1.82) is 0 Å². The van der Waals surface area contributed by atoms with Crippen LogP contribution < -0.4 is 10.2 Å². The van der Waals surface area contributed by atoms with Crippen LogP contribution in [0.3, 0.4) is 0 Å². The molecule has 0 bridgehead atoms. The van der Waals surface area contributed by atoms with Crippen LogP contribution in [0.15, 0.2) is 42.5 Å². The summed E-state index contributed by atoms with van der Waals surface area (Å²) in [6.07, 6.45) is 0.816. The Labute approximate surface area is 141 Å². The number of nitrogens with one attached hydrogen (secondary N) is 1. The van der Waals surface area contributed by atoms with Gasteiger partial charge < -0.3 is 15.0 Å². The van der Waals surface area contributed by atoms with Gasteiger partial charge in [-0.15, -0.1) is 0 Å². The Morgan fingerprint density at radius 3 is 2.62 bits per heavy atom. The second-order valence-electron chi connectivity index (χ2n) is 5.89. The number of ether oxygens (including phenoxy) is 1. The highest BCUT2D eigenvalue weighted by molar-refractivity contribution is 6.05. The molecule has 0 spiro atoms. The van der Waals surface area contributed by atoms with Crippen LogP contribution in [0.1, 0.15) is 21.5 Å². The zero-order chi connectivity index (χ0) is 17.1. The van der Waals surface area contributed by atoms with Crippen LogP contribution in [0.5, 0.6) is 0 Å². The molecule has 1 N–H and O–H groups in total. The average Bonchev–Trinajstić information content (AvgIpc) is 2.99. The van der Waals surface area contributed by atoms with Crippen LogP contribution in [0.25, 0.3) is 0 Å². The maximum absolute atomic E-state index is 12.3. The second-order valence-corrected chi connectivity index (χ2v) is 5.89. The van der Waals surface area contributed by atoms with Gasteiger partial charge >= 0.3 is 0 Å². The summed E-state index contributed by atoms with van der Waals surface area (Å²) in [5.74, 6) is -0.235. The van der Waals surface area contributed by atoms with Crippen molar-refractivity contribution < 1.29 is 14.3 Å². The molecule has 2 aromatic carbocycles. The van der Waals surface area contributed by atoms with E-state index in [1.807, 2.05) is 37.3 Å². The van der Waals surface area contributed by atoms with Gasteiger partial charge in [-0.1, -0.05) is 23.8 Å². The number of nitrogens with zero attached hydrogens (tertiary/aromatic N) is 1. The standard InChI is InChI=1S/C19H20N2O3/c1-13-3-5-15(6-4-13)19(23)20-16-8-7-14-9-10-21(17(14)11-16)18(22)12-24-2/h3-8,11H,9-10,12H2,1-2H3,(H,20,23). The van der Waals surface area contributed by atoms with Gasteiger partial charge in [0.05, 0.1) is 0 Å². The van der Waals surface area contributed by atoms with Crippen molar-refractivity contribution in [2.24, 2.45) is 0 Å². The van der Waals surface area contributed by atoms with E-state index in [9.17, 15) is 9.59 Å². The molecule has 0 fully saturated rings. The molecule has 0 atom stereocenters. The van der Waals surface area contributed by atoms with E-state index >= 15 is 0 Å². The number of benzene rings is 2. The van der Waals surface area contributed by atoms with Gasteiger partial charge in [-0.2, -0.15) is 0 Å². The maximum atomic E-state index is 12.3. The Morgan fingerprint density at radius 2 is 1.92 bits per heavy atom. The molecule has 0 saturated carbocycles. The maximum Gasteiger partial charge on any atom is 0.255 e. The lowest BCUT2D eigenvalue weighted by Gasteiger charge is -2.17. The third-order valence-electron chi connectivity index (χ3n) is 4.12. The first-order valence-corrected chi connectivity index (χ1v) is 7.89. The van der Waals surface area contributed by atoms with Gasteiger partial charge in [-0.25, -0.2) is 0 Å². The first-order chi connectivity index (χ1) is 11.6. The smallest absolute Gasteiger partial charge is 0.255 e. The van der Waals surface area contributed by atoms with Crippen molar-refractivity contribution in [3.63, 3.8) is 0 Å². The molecule has 0 aliphatic carbocycles. The Balaban J connectivity index is 1.78. The molecule has 124 valence electrons. The molecule has 24 heavy (non-hydrogen) atoms. The first kappa shape index (κ1) is 16.2. The lowest BCUT2D eigenvalue weighted by molar-refractivity contribution is -0.122. The van der Waals surface area contributed by atoms with Gasteiger partial charge in [-0.05, 0) is 43.2 Å². The van der Waals surface area contributed by atoms with E-state index in [1.54, 1.807) is 17.0 Å². The van der Waals surface area contributed by atoms with Gasteiger partial charge in [0, 0.05) is 30.6 Å². The minimum atomic E-state index is -0.164. The second kappa shape index (κ2) is 6.84. The molecule has 5 nitrogen and oxygen atoms in total. The molecular formula is C19H20N2O3. The van der Waals surface area contributed by atoms with Crippen molar-refractivity contribution in [1.82, 2.24) is 0 Å². The molecule has 1 heterocycles. The molecule has 2 aromatic rings. The molecule has 2 amide bonds. The fourth-order valence-corrected chi connectivity index (χ4v) is 2.83. The predicted molar refractivity (Wildman–Crippen MR) is 93.5 cm³/mol. The SMILES string of the molecule is COCC(=O)N1CCc2ccc(NC(=O)c3ccc(C)cc3)cc21. The fourth-order valence-electron chi connectivity index (χ4n) is 2.83. The van der Waals surface area contributed by atoms with E-state index in [1.165, 1.54) is 7.11 Å². The molecule has 0 radical (unpaired) electrons. The highest BCUT2D eigenvalue weighted by Crippen LogP contribution is 2.31. The minimum Gasteiger partial charge on any atom is -0.375 e.